The lowest BCUT2D eigenvalue weighted by Crippen LogP contribution is -2.23. The van der Waals surface area contributed by atoms with Gasteiger partial charge in [0.05, 0.1) is 5.52 Å². The minimum absolute atomic E-state index is 0.174. The Bertz CT molecular complexity index is 659. The van der Waals surface area contributed by atoms with E-state index in [9.17, 15) is 21.6 Å². The van der Waals surface area contributed by atoms with E-state index >= 15 is 0 Å². The summed E-state index contributed by atoms with van der Waals surface area (Å²) in [5.74, 6) is 0. The average molecular weight is 261 g/mol. The Balaban J connectivity index is 2.82. The van der Waals surface area contributed by atoms with Crippen molar-refractivity contribution in [1.82, 2.24) is 4.98 Å². The third-order valence-electron chi connectivity index (χ3n) is 2.19. The standard InChI is InChI=1S/C10H6F3NO2S/c11-10(12,13)17(15,16)8-5-1-3-7-4-2-6-14-9(7)8/h1-6H. The van der Waals surface area contributed by atoms with E-state index in [0.29, 0.717) is 5.39 Å². The molecule has 0 aliphatic carbocycles. The minimum Gasteiger partial charge on any atom is -0.255 e. The predicted octanol–water partition coefficient (Wildman–Crippen LogP) is 2.53. The van der Waals surface area contributed by atoms with E-state index in [1.807, 2.05) is 0 Å². The number of fused-ring (bicyclic) bond motifs is 1. The zero-order valence-electron chi connectivity index (χ0n) is 8.27. The van der Waals surface area contributed by atoms with E-state index in [2.05, 4.69) is 4.98 Å². The molecule has 2 rings (SSSR count). The summed E-state index contributed by atoms with van der Waals surface area (Å²) in [6.45, 7) is 0. The quantitative estimate of drug-likeness (QED) is 0.792. The fourth-order valence-electron chi connectivity index (χ4n) is 1.42. The Labute approximate surface area is 94.8 Å². The summed E-state index contributed by atoms with van der Waals surface area (Å²) in [5, 5.41) is 0.345. The van der Waals surface area contributed by atoms with Gasteiger partial charge in [-0.3, -0.25) is 4.98 Å². The molecule has 17 heavy (non-hydrogen) atoms. The zero-order chi connectivity index (χ0) is 12.7. The van der Waals surface area contributed by atoms with Crippen molar-refractivity contribution in [2.45, 2.75) is 10.4 Å². The van der Waals surface area contributed by atoms with E-state index in [0.717, 1.165) is 6.07 Å². The molecule has 0 atom stereocenters. The first-order valence-corrected chi connectivity index (χ1v) is 5.97. The van der Waals surface area contributed by atoms with Gasteiger partial charge >= 0.3 is 5.51 Å². The van der Waals surface area contributed by atoms with Crippen LogP contribution in [0.5, 0.6) is 0 Å². The Hall–Kier alpha value is -1.63. The number of alkyl halides is 3. The molecule has 0 aliphatic heterocycles. The van der Waals surface area contributed by atoms with Crippen LogP contribution in [0, 0.1) is 0 Å². The highest BCUT2D eigenvalue weighted by atomic mass is 32.2. The lowest BCUT2D eigenvalue weighted by molar-refractivity contribution is -0.0435. The van der Waals surface area contributed by atoms with Gasteiger partial charge in [-0.1, -0.05) is 18.2 Å². The van der Waals surface area contributed by atoms with Crippen molar-refractivity contribution in [3.05, 3.63) is 36.5 Å². The fraction of sp³-hybridized carbons (Fsp3) is 0.100. The molecule has 0 spiro atoms. The maximum Gasteiger partial charge on any atom is 0.501 e. The smallest absolute Gasteiger partial charge is 0.255 e. The number of rotatable bonds is 1. The number of hydrogen-bond donors (Lipinski definition) is 0. The molecule has 7 heteroatoms. The van der Waals surface area contributed by atoms with E-state index in [-0.39, 0.29) is 5.52 Å². The van der Waals surface area contributed by atoms with Gasteiger partial charge in [0.1, 0.15) is 4.90 Å². The molecule has 0 N–H and O–H groups in total. The Morgan fingerprint density at radius 1 is 1.06 bits per heavy atom. The molecule has 0 amide bonds. The SMILES string of the molecule is O=S(=O)(c1cccc2cccnc12)C(F)(F)F. The molecule has 1 aromatic heterocycles. The highest BCUT2D eigenvalue weighted by Crippen LogP contribution is 2.33. The number of para-hydroxylation sites is 1. The first kappa shape index (κ1) is 11.8. The molecule has 2 aromatic rings. The van der Waals surface area contributed by atoms with Gasteiger partial charge in [-0.2, -0.15) is 13.2 Å². The summed E-state index contributed by atoms with van der Waals surface area (Å²) in [6, 6.07) is 6.67. The molecule has 1 heterocycles. The second-order valence-electron chi connectivity index (χ2n) is 3.28. The maximum atomic E-state index is 12.4. The Kier molecular flexibility index (Phi) is 2.57. The Morgan fingerprint density at radius 3 is 2.35 bits per heavy atom. The van der Waals surface area contributed by atoms with Crippen molar-refractivity contribution in [2.24, 2.45) is 0 Å². The number of sulfone groups is 1. The molecule has 0 fully saturated rings. The molecule has 90 valence electrons. The number of pyridine rings is 1. The minimum atomic E-state index is -5.37. The highest BCUT2D eigenvalue weighted by molar-refractivity contribution is 7.92. The van der Waals surface area contributed by atoms with E-state index in [1.165, 1.54) is 30.5 Å². The van der Waals surface area contributed by atoms with Crippen LogP contribution in [0.1, 0.15) is 0 Å². The number of aromatic nitrogens is 1. The number of halogens is 3. The molecular formula is C10H6F3NO2S. The Morgan fingerprint density at radius 2 is 1.71 bits per heavy atom. The lowest BCUT2D eigenvalue weighted by Gasteiger charge is -2.09. The summed E-state index contributed by atoms with van der Waals surface area (Å²) in [6.07, 6.45) is 1.25. The summed E-state index contributed by atoms with van der Waals surface area (Å²) < 4.78 is 59.9. The van der Waals surface area contributed by atoms with E-state index < -0.39 is 20.2 Å². The van der Waals surface area contributed by atoms with Crippen molar-refractivity contribution in [3.63, 3.8) is 0 Å². The van der Waals surface area contributed by atoms with Crippen molar-refractivity contribution >= 4 is 20.7 Å². The fourth-order valence-corrected chi connectivity index (χ4v) is 2.35. The molecule has 3 nitrogen and oxygen atoms in total. The largest absolute Gasteiger partial charge is 0.501 e. The van der Waals surface area contributed by atoms with Crippen LogP contribution in [0.3, 0.4) is 0 Å². The third kappa shape index (κ3) is 1.86. The van der Waals surface area contributed by atoms with Gasteiger partial charge in [0.25, 0.3) is 9.84 Å². The molecule has 1 aromatic carbocycles. The zero-order valence-corrected chi connectivity index (χ0v) is 9.09. The molecule has 0 saturated carbocycles. The number of nitrogens with zero attached hydrogens (tertiary/aromatic N) is 1. The van der Waals surface area contributed by atoms with Gasteiger partial charge < -0.3 is 0 Å². The first-order chi connectivity index (χ1) is 7.84. The van der Waals surface area contributed by atoms with Crippen LogP contribution < -0.4 is 0 Å². The van der Waals surface area contributed by atoms with Crippen LogP contribution in [0.15, 0.2) is 41.4 Å². The highest BCUT2D eigenvalue weighted by Gasteiger charge is 2.47. The van der Waals surface area contributed by atoms with Crippen LogP contribution in [0.2, 0.25) is 0 Å². The molecule has 0 radical (unpaired) electrons. The van der Waals surface area contributed by atoms with E-state index in [4.69, 9.17) is 0 Å². The van der Waals surface area contributed by atoms with Crippen LogP contribution in [0.25, 0.3) is 10.9 Å². The van der Waals surface area contributed by atoms with E-state index in [1.54, 1.807) is 0 Å². The van der Waals surface area contributed by atoms with Crippen LogP contribution in [-0.4, -0.2) is 18.9 Å². The molecule has 0 unspecified atom stereocenters. The molecule has 0 saturated heterocycles. The van der Waals surface area contributed by atoms with Crippen LogP contribution >= 0.6 is 0 Å². The summed E-state index contributed by atoms with van der Waals surface area (Å²) in [4.78, 5) is 2.87. The van der Waals surface area contributed by atoms with Gasteiger partial charge in [0, 0.05) is 11.6 Å². The van der Waals surface area contributed by atoms with Crippen molar-refractivity contribution in [2.75, 3.05) is 0 Å². The second-order valence-corrected chi connectivity index (χ2v) is 5.19. The van der Waals surface area contributed by atoms with Gasteiger partial charge in [-0.15, -0.1) is 0 Å². The predicted molar refractivity (Wildman–Crippen MR) is 55.0 cm³/mol. The molecule has 0 bridgehead atoms. The first-order valence-electron chi connectivity index (χ1n) is 4.49. The van der Waals surface area contributed by atoms with Crippen molar-refractivity contribution in [3.8, 4) is 0 Å². The average Bonchev–Trinajstić information content (AvgIpc) is 2.26. The topological polar surface area (TPSA) is 47.0 Å². The number of benzene rings is 1. The van der Waals surface area contributed by atoms with Crippen LogP contribution in [0.4, 0.5) is 13.2 Å². The summed E-state index contributed by atoms with van der Waals surface area (Å²) in [5.41, 5.74) is -5.49. The van der Waals surface area contributed by atoms with Gasteiger partial charge in [0.15, 0.2) is 0 Å². The van der Waals surface area contributed by atoms with Crippen molar-refractivity contribution < 1.29 is 21.6 Å². The van der Waals surface area contributed by atoms with Gasteiger partial charge in [-0.25, -0.2) is 8.42 Å². The lowest BCUT2D eigenvalue weighted by atomic mass is 10.2. The van der Waals surface area contributed by atoms with Gasteiger partial charge in [0.2, 0.25) is 0 Å². The third-order valence-corrected chi connectivity index (χ3v) is 3.71. The van der Waals surface area contributed by atoms with Crippen LogP contribution in [-0.2, 0) is 9.84 Å². The molecule has 0 aliphatic rings. The summed E-state index contributed by atoms with van der Waals surface area (Å²) >= 11 is 0. The second kappa shape index (κ2) is 3.69. The normalized spacial score (nSPS) is 12.9. The monoisotopic (exact) mass is 261 g/mol. The summed E-state index contributed by atoms with van der Waals surface area (Å²) in [7, 11) is -5.37. The molecular weight excluding hydrogens is 255 g/mol. The number of hydrogen-bond acceptors (Lipinski definition) is 3. The maximum absolute atomic E-state index is 12.4. The van der Waals surface area contributed by atoms with Gasteiger partial charge in [-0.05, 0) is 12.1 Å². The van der Waals surface area contributed by atoms with Crippen molar-refractivity contribution in [1.29, 1.82) is 0 Å².